The zero-order valence-electron chi connectivity index (χ0n) is 10.3. The van der Waals surface area contributed by atoms with Gasteiger partial charge in [0, 0.05) is 6.54 Å². The number of hydrogen-bond donors (Lipinski definition) is 2. The molecule has 0 aromatic heterocycles. The van der Waals surface area contributed by atoms with Gasteiger partial charge in [-0.15, -0.1) is 6.58 Å². The Morgan fingerprint density at radius 1 is 1.40 bits per heavy atom. The van der Waals surface area contributed by atoms with Crippen LogP contribution in [0.5, 0.6) is 0 Å². The van der Waals surface area contributed by atoms with Gasteiger partial charge in [0.1, 0.15) is 5.75 Å². The van der Waals surface area contributed by atoms with Gasteiger partial charge in [0.15, 0.2) is 9.84 Å². The first kappa shape index (κ1) is 16.2. The van der Waals surface area contributed by atoms with Crippen LogP contribution in [0, 0.1) is 0 Å². The van der Waals surface area contributed by atoms with Crippen molar-refractivity contribution in [3.05, 3.63) is 41.4 Å². The molecule has 0 aliphatic rings. The summed E-state index contributed by atoms with van der Waals surface area (Å²) >= 11 is 5.75. The van der Waals surface area contributed by atoms with Crippen molar-refractivity contribution in [1.82, 2.24) is 5.32 Å². The van der Waals surface area contributed by atoms with Crippen LogP contribution >= 0.6 is 11.6 Å². The standard InChI is InChI=1S/C12H12ClNO5S/c1-2-5-14-11(15)7-20(18,19)10-6-8(12(16)17)3-4-9(10)13/h2-4,6H,1,5,7H2,(H,14,15)(H,16,17). The maximum Gasteiger partial charge on any atom is 0.335 e. The second-order valence-electron chi connectivity index (χ2n) is 3.80. The number of aromatic carboxylic acids is 1. The van der Waals surface area contributed by atoms with Crippen molar-refractivity contribution >= 4 is 33.3 Å². The Balaban J connectivity index is 3.09. The molecule has 8 heteroatoms. The van der Waals surface area contributed by atoms with E-state index >= 15 is 0 Å². The molecule has 0 heterocycles. The van der Waals surface area contributed by atoms with Crippen LogP contribution in [0.15, 0.2) is 35.7 Å². The topological polar surface area (TPSA) is 101 Å². The predicted molar refractivity (Wildman–Crippen MR) is 73.7 cm³/mol. The molecule has 1 aromatic rings. The maximum atomic E-state index is 12.0. The highest BCUT2D eigenvalue weighted by molar-refractivity contribution is 7.92. The summed E-state index contributed by atoms with van der Waals surface area (Å²) in [5.74, 6) is -2.82. The van der Waals surface area contributed by atoms with E-state index in [9.17, 15) is 18.0 Å². The van der Waals surface area contributed by atoms with Gasteiger partial charge in [-0.1, -0.05) is 17.7 Å². The van der Waals surface area contributed by atoms with E-state index in [2.05, 4.69) is 11.9 Å². The quantitative estimate of drug-likeness (QED) is 0.766. The first-order valence-electron chi connectivity index (χ1n) is 5.41. The van der Waals surface area contributed by atoms with Crippen LogP contribution in [-0.4, -0.2) is 37.7 Å². The molecule has 0 saturated heterocycles. The molecule has 108 valence electrons. The molecule has 1 amide bonds. The third kappa shape index (κ3) is 4.07. The number of carbonyl (C=O) groups is 2. The monoisotopic (exact) mass is 317 g/mol. The van der Waals surface area contributed by atoms with Crippen molar-refractivity contribution in [3.63, 3.8) is 0 Å². The molecule has 0 aliphatic carbocycles. The molecule has 6 nitrogen and oxygen atoms in total. The second-order valence-corrected chi connectivity index (χ2v) is 6.17. The van der Waals surface area contributed by atoms with Crippen LogP contribution < -0.4 is 5.32 Å². The Hall–Kier alpha value is -1.86. The Morgan fingerprint density at radius 3 is 2.60 bits per heavy atom. The van der Waals surface area contributed by atoms with E-state index in [1.165, 1.54) is 18.2 Å². The number of rotatable bonds is 6. The predicted octanol–water partition coefficient (Wildman–Crippen LogP) is 1.11. The molecule has 0 saturated carbocycles. The summed E-state index contributed by atoms with van der Waals surface area (Å²) in [6.07, 6.45) is 1.41. The molecule has 20 heavy (non-hydrogen) atoms. The number of carboxylic acid groups (broad SMARTS) is 1. The first-order valence-corrected chi connectivity index (χ1v) is 7.44. The van der Waals surface area contributed by atoms with Crippen LogP contribution in [0.3, 0.4) is 0 Å². The molecule has 0 fully saturated rings. The lowest BCUT2D eigenvalue weighted by atomic mass is 10.2. The number of carbonyl (C=O) groups excluding carboxylic acids is 1. The third-order valence-electron chi connectivity index (χ3n) is 2.28. The van der Waals surface area contributed by atoms with Crippen molar-refractivity contribution < 1.29 is 23.1 Å². The number of carboxylic acids is 1. The maximum absolute atomic E-state index is 12.0. The van der Waals surface area contributed by atoms with Gasteiger partial charge in [0.2, 0.25) is 5.91 Å². The summed E-state index contributed by atoms with van der Waals surface area (Å²) < 4.78 is 24.1. The van der Waals surface area contributed by atoms with E-state index in [0.29, 0.717) is 0 Å². The van der Waals surface area contributed by atoms with E-state index in [-0.39, 0.29) is 22.0 Å². The summed E-state index contributed by atoms with van der Waals surface area (Å²) in [4.78, 5) is 21.9. The van der Waals surface area contributed by atoms with Crippen LogP contribution in [0.25, 0.3) is 0 Å². The smallest absolute Gasteiger partial charge is 0.335 e. The molecule has 1 rings (SSSR count). The van der Waals surface area contributed by atoms with Gasteiger partial charge < -0.3 is 10.4 Å². The largest absolute Gasteiger partial charge is 0.478 e. The minimum atomic E-state index is -4.02. The lowest BCUT2D eigenvalue weighted by molar-refractivity contribution is -0.118. The van der Waals surface area contributed by atoms with Gasteiger partial charge >= 0.3 is 5.97 Å². The van der Waals surface area contributed by atoms with Gasteiger partial charge in [-0.2, -0.15) is 0 Å². The van der Waals surface area contributed by atoms with Crippen LogP contribution in [0.2, 0.25) is 5.02 Å². The number of hydrogen-bond acceptors (Lipinski definition) is 4. The van der Waals surface area contributed by atoms with Gasteiger partial charge in [-0.3, -0.25) is 4.79 Å². The summed E-state index contributed by atoms with van der Waals surface area (Å²) in [6.45, 7) is 3.52. The number of amides is 1. The number of benzene rings is 1. The Bertz CT molecular complexity index is 654. The molecular formula is C12H12ClNO5S. The number of halogens is 1. The Labute approximate surface area is 121 Å². The summed E-state index contributed by atoms with van der Waals surface area (Å²) in [7, 11) is -4.02. The lowest BCUT2D eigenvalue weighted by Crippen LogP contribution is -2.30. The van der Waals surface area contributed by atoms with Crippen molar-refractivity contribution in [1.29, 1.82) is 0 Å². The molecular weight excluding hydrogens is 306 g/mol. The van der Waals surface area contributed by atoms with Crippen molar-refractivity contribution in [2.75, 3.05) is 12.3 Å². The lowest BCUT2D eigenvalue weighted by Gasteiger charge is -2.07. The fourth-order valence-electron chi connectivity index (χ4n) is 1.36. The first-order chi connectivity index (χ1) is 9.27. The highest BCUT2D eigenvalue weighted by Gasteiger charge is 2.23. The van der Waals surface area contributed by atoms with Crippen molar-refractivity contribution in [2.45, 2.75) is 4.90 Å². The number of sulfone groups is 1. The van der Waals surface area contributed by atoms with Gasteiger partial charge in [-0.25, -0.2) is 13.2 Å². The summed E-state index contributed by atoms with van der Waals surface area (Å²) in [6, 6.07) is 3.28. The van der Waals surface area contributed by atoms with Crippen molar-refractivity contribution in [2.24, 2.45) is 0 Å². The van der Waals surface area contributed by atoms with E-state index in [1.54, 1.807) is 0 Å². The number of nitrogens with one attached hydrogen (secondary N) is 1. The van der Waals surface area contributed by atoms with E-state index in [1.807, 2.05) is 0 Å². The van der Waals surface area contributed by atoms with Crippen LogP contribution in [0.4, 0.5) is 0 Å². The highest BCUT2D eigenvalue weighted by Crippen LogP contribution is 2.23. The Kier molecular flexibility index (Phi) is 5.29. The van der Waals surface area contributed by atoms with Gasteiger partial charge in [0.25, 0.3) is 0 Å². The van der Waals surface area contributed by atoms with Gasteiger partial charge in [0.05, 0.1) is 15.5 Å². The molecule has 2 N–H and O–H groups in total. The molecule has 1 aromatic carbocycles. The summed E-state index contributed by atoms with van der Waals surface area (Å²) in [5.41, 5.74) is -0.223. The van der Waals surface area contributed by atoms with Crippen LogP contribution in [0.1, 0.15) is 10.4 Å². The third-order valence-corrected chi connectivity index (χ3v) is 4.37. The molecule has 0 radical (unpaired) electrons. The van der Waals surface area contributed by atoms with E-state index < -0.39 is 27.5 Å². The fourth-order valence-corrected chi connectivity index (χ4v) is 3.11. The molecule has 0 atom stereocenters. The zero-order valence-corrected chi connectivity index (χ0v) is 11.9. The second kappa shape index (κ2) is 6.53. The molecule has 0 bridgehead atoms. The summed E-state index contributed by atoms with van der Waals surface area (Å²) in [5, 5.41) is 11.0. The van der Waals surface area contributed by atoms with E-state index in [0.717, 1.165) is 6.07 Å². The fraction of sp³-hybridized carbons (Fsp3) is 0.167. The minimum Gasteiger partial charge on any atom is -0.478 e. The van der Waals surface area contributed by atoms with Crippen LogP contribution in [-0.2, 0) is 14.6 Å². The SMILES string of the molecule is C=CCNC(=O)CS(=O)(=O)c1cc(C(=O)O)ccc1Cl. The van der Waals surface area contributed by atoms with Gasteiger partial charge in [-0.05, 0) is 18.2 Å². The normalized spacial score (nSPS) is 10.8. The molecule has 0 unspecified atom stereocenters. The average Bonchev–Trinajstić information content (AvgIpc) is 2.35. The Morgan fingerprint density at radius 2 is 2.05 bits per heavy atom. The van der Waals surface area contributed by atoms with E-state index in [4.69, 9.17) is 16.7 Å². The molecule has 0 aliphatic heterocycles. The average molecular weight is 318 g/mol. The zero-order chi connectivity index (χ0) is 15.3. The molecule has 0 spiro atoms. The van der Waals surface area contributed by atoms with Crippen molar-refractivity contribution in [3.8, 4) is 0 Å². The highest BCUT2D eigenvalue weighted by atomic mass is 35.5. The minimum absolute atomic E-state index is 0.133.